The Bertz CT molecular complexity index is 1290. The fraction of sp³-hybridized carbons (Fsp3) is 0.250. The van der Waals surface area contributed by atoms with Crippen LogP contribution in [0.4, 0.5) is 0 Å². The number of amides is 1. The van der Waals surface area contributed by atoms with Crippen LogP contribution in [0.2, 0.25) is 0 Å². The van der Waals surface area contributed by atoms with Gasteiger partial charge in [0, 0.05) is 35.5 Å². The van der Waals surface area contributed by atoms with Crippen LogP contribution < -0.4 is 10.1 Å². The second-order valence-electron chi connectivity index (χ2n) is 8.52. The number of likely N-dealkylation sites (tertiary alicyclic amines) is 1. The molecule has 2 aromatic carbocycles. The molecule has 172 valence electrons. The van der Waals surface area contributed by atoms with E-state index in [0.717, 1.165) is 46.6 Å². The first-order valence-electron chi connectivity index (χ1n) is 11.7. The van der Waals surface area contributed by atoms with Crippen LogP contribution in [-0.4, -0.2) is 47.5 Å². The summed E-state index contributed by atoms with van der Waals surface area (Å²) in [5, 5.41) is 4.05. The molecular weight excluding hydrogens is 424 g/mol. The van der Waals surface area contributed by atoms with Crippen LogP contribution in [0.1, 0.15) is 34.8 Å². The van der Waals surface area contributed by atoms with E-state index < -0.39 is 0 Å². The number of rotatable bonds is 7. The summed E-state index contributed by atoms with van der Waals surface area (Å²) in [6, 6.07) is 21.6. The Balaban J connectivity index is 1.46. The minimum Gasteiger partial charge on any atom is -0.496 e. The van der Waals surface area contributed by atoms with Crippen molar-refractivity contribution in [2.75, 3.05) is 26.7 Å². The molecule has 3 heterocycles. The molecule has 34 heavy (non-hydrogen) atoms. The molecular formula is C28H28N4O2. The molecule has 1 N–H and O–H groups in total. The molecule has 0 radical (unpaired) electrons. The maximum Gasteiger partial charge on any atom is 0.252 e. The molecule has 1 unspecified atom stereocenters. The number of nitrogens with zero attached hydrogens (tertiary/aromatic N) is 3. The Morgan fingerprint density at radius 2 is 1.85 bits per heavy atom. The molecule has 2 aromatic heterocycles. The maximum absolute atomic E-state index is 13.5. The highest BCUT2D eigenvalue weighted by atomic mass is 16.5. The second kappa shape index (κ2) is 10.0. The van der Waals surface area contributed by atoms with Crippen LogP contribution in [0.15, 0.2) is 79.1 Å². The monoisotopic (exact) mass is 452 g/mol. The molecule has 6 nitrogen and oxygen atoms in total. The first-order chi connectivity index (χ1) is 16.7. The van der Waals surface area contributed by atoms with Gasteiger partial charge < -0.3 is 10.1 Å². The van der Waals surface area contributed by atoms with Crippen molar-refractivity contribution in [2.24, 2.45) is 0 Å². The van der Waals surface area contributed by atoms with Crippen LogP contribution in [0, 0.1) is 0 Å². The van der Waals surface area contributed by atoms with Gasteiger partial charge in [-0.3, -0.25) is 14.7 Å². The van der Waals surface area contributed by atoms with Crippen LogP contribution in [0.3, 0.4) is 0 Å². The average molecular weight is 453 g/mol. The first-order valence-corrected chi connectivity index (χ1v) is 11.7. The number of benzene rings is 2. The van der Waals surface area contributed by atoms with Gasteiger partial charge in [-0.1, -0.05) is 36.4 Å². The summed E-state index contributed by atoms with van der Waals surface area (Å²) < 4.78 is 5.65. The van der Waals surface area contributed by atoms with Crippen molar-refractivity contribution in [3.05, 3.63) is 90.3 Å². The van der Waals surface area contributed by atoms with Crippen LogP contribution in [0.25, 0.3) is 22.2 Å². The lowest BCUT2D eigenvalue weighted by Gasteiger charge is -2.29. The smallest absolute Gasteiger partial charge is 0.252 e. The van der Waals surface area contributed by atoms with E-state index >= 15 is 0 Å². The zero-order valence-electron chi connectivity index (χ0n) is 19.3. The van der Waals surface area contributed by atoms with Gasteiger partial charge >= 0.3 is 0 Å². The third-order valence-corrected chi connectivity index (χ3v) is 6.45. The molecule has 1 aliphatic heterocycles. The molecule has 0 bridgehead atoms. The number of carbonyl (C=O) groups excluding carboxylic acids is 1. The Morgan fingerprint density at radius 1 is 1.06 bits per heavy atom. The Kier molecular flexibility index (Phi) is 6.49. The normalized spacial score (nSPS) is 14.7. The molecule has 4 aromatic rings. The Labute approximate surface area is 199 Å². The fourth-order valence-corrected chi connectivity index (χ4v) is 4.74. The maximum atomic E-state index is 13.5. The topological polar surface area (TPSA) is 67.3 Å². The highest BCUT2D eigenvalue weighted by Crippen LogP contribution is 2.31. The summed E-state index contributed by atoms with van der Waals surface area (Å²) in [6.07, 6.45) is 5.84. The van der Waals surface area contributed by atoms with Gasteiger partial charge in [-0.25, -0.2) is 4.98 Å². The number of carbonyl (C=O) groups is 1. The van der Waals surface area contributed by atoms with Crippen molar-refractivity contribution in [3.8, 4) is 17.0 Å². The van der Waals surface area contributed by atoms with Crippen molar-refractivity contribution >= 4 is 16.8 Å². The minimum atomic E-state index is -0.108. The largest absolute Gasteiger partial charge is 0.496 e. The van der Waals surface area contributed by atoms with Crippen molar-refractivity contribution < 1.29 is 9.53 Å². The van der Waals surface area contributed by atoms with Gasteiger partial charge in [0.05, 0.1) is 29.9 Å². The number of nitrogens with one attached hydrogen (secondary N) is 1. The standard InChI is InChI=1S/C28H28N4O2/c1-34-27-13-5-3-11-22(27)26(32-15-6-7-16-32)19-30-28(33)23-17-25(20-9-8-14-29-18-20)31-24-12-4-2-10-21(23)24/h2-5,8-14,17-18,26H,6-7,15-16,19H2,1H3,(H,30,33). The fourth-order valence-electron chi connectivity index (χ4n) is 4.74. The van der Waals surface area contributed by atoms with E-state index in [1.807, 2.05) is 60.7 Å². The van der Waals surface area contributed by atoms with E-state index in [9.17, 15) is 4.79 Å². The minimum absolute atomic E-state index is 0.0495. The van der Waals surface area contributed by atoms with Crippen molar-refractivity contribution in [2.45, 2.75) is 18.9 Å². The zero-order valence-corrected chi connectivity index (χ0v) is 19.3. The molecule has 1 saturated heterocycles. The quantitative estimate of drug-likeness (QED) is 0.433. The van der Waals surface area contributed by atoms with E-state index in [-0.39, 0.29) is 11.9 Å². The predicted molar refractivity (Wildman–Crippen MR) is 134 cm³/mol. The summed E-state index contributed by atoms with van der Waals surface area (Å²) in [4.78, 5) is 25.0. The third kappa shape index (κ3) is 4.50. The molecule has 1 fully saturated rings. The molecule has 6 heteroatoms. The number of hydrogen-bond donors (Lipinski definition) is 1. The van der Waals surface area contributed by atoms with Gasteiger partial charge in [0.1, 0.15) is 5.75 Å². The summed E-state index contributed by atoms with van der Waals surface area (Å²) in [5.41, 5.74) is 4.12. The highest BCUT2D eigenvalue weighted by Gasteiger charge is 2.26. The molecule has 1 aliphatic rings. The second-order valence-corrected chi connectivity index (χ2v) is 8.52. The molecule has 0 aliphatic carbocycles. The summed E-state index contributed by atoms with van der Waals surface area (Å²) in [6.45, 7) is 2.53. The zero-order chi connectivity index (χ0) is 23.3. The van der Waals surface area contributed by atoms with Crippen molar-refractivity contribution in [3.63, 3.8) is 0 Å². The number of aromatic nitrogens is 2. The van der Waals surface area contributed by atoms with Crippen LogP contribution in [0.5, 0.6) is 5.75 Å². The summed E-state index contributed by atoms with van der Waals surface area (Å²) in [5.74, 6) is 0.740. The van der Waals surface area contributed by atoms with Gasteiger partial charge in [0.2, 0.25) is 0 Å². The Hall–Kier alpha value is -3.77. The van der Waals surface area contributed by atoms with Gasteiger partial charge in [-0.05, 0) is 56.3 Å². The van der Waals surface area contributed by atoms with Gasteiger partial charge in [-0.2, -0.15) is 0 Å². The van der Waals surface area contributed by atoms with Gasteiger partial charge in [0.15, 0.2) is 0 Å². The molecule has 5 rings (SSSR count). The Morgan fingerprint density at radius 3 is 2.65 bits per heavy atom. The number of methoxy groups -OCH3 is 1. The lowest BCUT2D eigenvalue weighted by molar-refractivity contribution is 0.0939. The average Bonchev–Trinajstić information content (AvgIpc) is 3.43. The molecule has 1 atom stereocenters. The molecule has 0 saturated carbocycles. The number of ether oxygens (including phenoxy) is 1. The number of pyridine rings is 2. The van der Waals surface area contributed by atoms with Gasteiger partial charge in [0.25, 0.3) is 5.91 Å². The molecule has 0 spiro atoms. The number of para-hydroxylation sites is 2. The van der Waals surface area contributed by atoms with E-state index in [4.69, 9.17) is 9.72 Å². The van der Waals surface area contributed by atoms with Gasteiger partial charge in [-0.15, -0.1) is 0 Å². The van der Waals surface area contributed by atoms with E-state index in [2.05, 4.69) is 21.3 Å². The van der Waals surface area contributed by atoms with Crippen LogP contribution >= 0.6 is 0 Å². The van der Waals surface area contributed by atoms with E-state index in [1.165, 1.54) is 12.8 Å². The highest BCUT2D eigenvalue weighted by molar-refractivity contribution is 6.07. The summed E-state index contributed by atoms with van der Waals surface area (Å²) >= 11 is 0. The van der Waals surface area contributed by atoms with E-state index in [1.54, 1.807) is 19.5 Å². The predicted octanol–water partition coefficient (Wildman–Crippen LogP) is 4.87. The van der Waals surface area contributed by atoms with Crippen LogP contribution in [-0.2, 0) is 0 Å². The lowest BCUT2D eigenvalue weighted by atomic mass is 10.0. The number of hydrogen-bond acceptors (Lipinski definition) is 5. The summed E-state index contributed by atoms with van der Waals surface area (Å²) in [7, 11) is 1.70. The van der Waals surface area contributed by atoms with E-state index in [0.29, 0.717) is 12.1 Å². The SMILES string of the molecule is COc1ccccc1C(CNC(=O)c1cc(-c2cccnc2)nc2ccccc12)N1CCCC1. The number of fused-ring (bicyclic) bond motifs is 1. The van der Waals surface area contributed by atoms with Crippen molar-refractivity contribution in [1.29, 1.82) is 0 Å². The van der Waals surface area contributed by atoms with Crippen molar-refractivity contribution in [1.82, 2.24) is 20.2 Å². The first kappa shape index (κ1) is 22.0. The lowest BCUT2D eigenvalue weighted by Crippen LogP contribution is -2.37. The third-order valence-electron chi connectivity index (χ3n) is 6.45. The molecule has 1 amide bonds.